The molecule has 1 aliphatic carbocycles. The Morgan fingerprint density at radius 2 is 1.78 bits per heavy atom. The van der Waals surface area contributed by atoms with Crippen LogP contribution in [0, 0.1) is 23.2 Å². The Labute approximate surface area is 215 Å². The lowest BCUT2D eigenvalue weighted by atomic mass is 10.0. The number of benzene rings is 3. The monoisotopic (exact) mass is 485 g/mol. The number of aromatic amines is 1. The van der Waals surface area contributed by atoms with Crippen molar-refractivity contribution in [1.82, 2.24) is 19.4 Å². The summed E-state index contributed by atoms with van der Waals surface area (Å²) in [5.41, 5.74) is 7.01. The fourth-order valence-electron chi connectivity index (χ4n) is 5.67. The molecule has 7 rings (SSSR count). The quantitative estimate of drug-likeness (QED) is 0.333. The summed E-state index contributed by atoms with van der Waals surface area (Å²) in [5, 5.41) is 10.7. The Bertz CT molecular complexity index is 1680. The molecule has 1 aliphatic heterocycles. The van der Waals surface area contributed by atoms with Gasteiger partial charge in [0.2, 0.25) is 5.91 Å². The van der Waals surface area contributed by atoms with E-state index in [-0.39, 0.29) is 5.92 Å². The minimum Gasteiger partial charge on any atom is -0.361 e. The number of nitriles is 1. The molecule has 0 spiro atoms. The molecule has 0 unspecified atom stereocenters. The van der Waals surface area contributed by atoms with Crippen LogP contribution in [0.1, 0.15) is 24.8 Å². The third-order valence-corrected chi connectivity index (χ3v) is 7.87. The standard InChI is InChI=1S/C31H27N5O/c32-17-20-1-9-28-29(15-20)36(19-21-12-14-35(18-21)31(37)24-6-7-24)30(34-28)23-4-2-22(3-5-23)25-8-10-27-26(16-25)11-13-33-27/h1-5,8-11,13,15-16,21,24,33H,6-7,12,14,18-19H2/t21-/m1/s1. The average molecular weight is 486 g/mol. The molecule has 1 saturated heterocycles. The highest BCUT2D eigenvalue weighted by atomic mass is 16.2. The number of carbonyl (C=O) groups is 1. The second-order valence-electron chi connectivity index (χ2n) is 10.4. The summed E-state index contributed by atoms with van der Waals surface area (Å²) in [6.45, 7) is 2.42. The van der Waals surface area contributed by atoms with Gasteiger partial charge in [-0.05, 0) is 78.1 Å². The van der Waals surface area contributed by atoms with Gasteiger partial charge in [-0.2, -0.15) is 5.26 Å². The predicted octanol–water partition coefficient (Wildman–Crippen LogP) is 5.98. The van der Waals surface area contributed by atoms with Gasteiger partial charge >= 0.3 is 0 Å². The summed E-state index contributed by atoms with van der Waals surface area (Å²) in [6.07, 6.45) is 5.05. The van der Waals surface area contributed by atoms with Gasteiger partial charge in [-0.15, -0.1) is 0 Å². The van der Waals surface area contributed by atoms with Crippen LogP contribution < -0.4 is 0 Å². The summed E-state index contributed by atoms with van der Waals surface area (Å²) < 4.78 is 2.26. The lowest BCUT2D eigenvalue weighted by Gasteiger charge is -2.18. The molecule has 0 radical (unpaired) electrons. The summed E-state index contributed by atoms with van der Waals surface area (Å²) in [7, 11) is 0. The van der Waals surface area contributed by atoms with E-state index >= 15 is 0 Å². The number of aromatic nitrogens is 3. The van der Waals surface area contributed by atoms with E-state index in [9.17, 15) is 10.1 Å². The Hall–Kier alpha value is -4.37. The molecule has 37 heavy (non-hydrogen) atoms. The molecule has 1 N–H and O–H groups in total. The minimum absolute atomic E-state index is 0.262. The lowest BCUT2D eigenvalue weighted by Crippen LogP contribution is -2.30. The molecular weight excluding hydrogens is 458 g/mol. The molecule has 1 saturated carbocycles. The number of likely N-dealkylation sites (tertiary alicyclic amines) is 1. The molecule has 5 aromatic rings. The Kier molecular flexibility index (Phi) is 5.10. The van der Waals surface area contributed by atoms with E-state index in [1.807, 2.05) is 24.4 Å². The van der Waals surface area contributed by atoms with Crippen LogP contribution in [0.25, 0.3) is 44.5 Å². The maximum absolute atomic E-state index is 12.6. The lowest BCUT2D eigenvalue weighted by molar-refractivity contribution is -0.131. The number of H-pyrrole nitrogens is 1. The highest BCUT2D eigenvalue weighted by Crippen LogP contribution is 2.34. The van der Waals surface area contributed by atoms with E-state index in [1.165, 1.54) is 10.9 Å². The molecule has 2 aromatic heterocycles. The average Bonchev–Trinajstić information content (AvgIpc) is 3.33. The number of fused-ring (bicyclic) bond motifs is 2. The first kappa shape index (κ1) is 21.9. The van der Waals surface area contributed by atoms with E-state index < -0.39 is 0 Å². The summed E-state index contributed by atoms with van der Waals surface area (Å²) in [4.78, 5) is 22.9. The number of amides is 1. The maximum Gasteiger partial charge on any atom is 0.225 e. The number of nitrogens with zero attached hydrogens (tertiary/aromatic N) is 4. The van der Waals surface area contributed by atoms with Gasteiger partial charge < -0.3 is 14.5 Å². The van der Waals surface area contributed by atoms with E-state index in [1.54, 1.807) is 0 Å². The molecule has 3 aromatic carbocycles. The van der Waals surface area contributed by atoms with Gasteiger partial charge in [-0.1, -0.05) is 30.3 Å². The molecule has 2 fully saturated rings. The largest absolute Gasteiger partial charge is 0.361 e. The number of hydrogen-bond acceptors (Lipinski definition) is 3. The maximum atomic E-state index is 12.6. The Balaban J connectivity index is 1.23. The molecule has 2 aliphatic rings. The molecule has 0 bridgehead atoms. The van der Waals surface area contributed by atoms with Crippen molar-refractivity contribution in [3.05, 3.63) is 78.5 Å². The second-order valence-corrected chi connectivity index (χ2v) is 10.4. The molecule has 1 atom stereocenters. The van der Waals surface area contributed by atoms with Gasteiger partial charge in [0, 0.05) is 42.8 Å². The third kappa shape index (κ3) is 3.97. The second kappa shape index (κ2) is 8.63. The molecule has 6 heteroatoms. The van der Waals surface area contributed by atoms with Crippen molar-refractivity contribution in [3.63, 3.8) is 0 Å². The van der Waals surface area contributed by atoms with Crippen molar-refractivity contribution in [2.24, 2.45) is 11.8 Å². The van der Waals surface area contributed by atoms with Crippen molar-refractivity contribution in [2.45, 2.75) is 25.8 Å². The van der Waals surface area contributed by atoms with Crippen LogP contribution in [0.3, 0.4) is 0 Å². The summed E-state index contributed by atoms with van der Waals surface area (Å²) in [5.74, 6) is 1.87. The smallest absolute Gasteiger partial charge is 0.225 e. The Morgan fingerprint density at radius 1 is 0.973 bits per heavy atom. The normalized spacial score (nSPS) is 17.5. The number of rotatable bonds is 5. The van der Waals surface area contributed by atoms with Crippen LogP contribution in [-0.4, -0.2) is 38.4 Å². The minimum atomic E-state index is 0.262. The number of imidazole rings is 1. The fourth-order valence-corrected chi connectivity index (χ4v) is 5.67. The summed E-state index contributed by atoms with van der Waals surface area (Å²) in [6, 6.07) is 25.1. The van der Waals surface area contributed by atoms with E-state index in [0.29, 0.717) is 17.4 Å². The van der Waals surface area contributed by atoms with Gasteiger partial charge in [0.1, 0.15) is 5.82 Å². The van der Waals surface area contributed by atoms with Crippen LogP contribution in [0.15, 0.2) is 72.9 Å². The molecule has 182 valence electrons. The zero-order valence-corrected chi connectivity index (χ0v) is 20.5. The first-order chi connectivity index (χ1) is 18.2. The molecular formula is C31H27N5O. The summed E-state index contributed by atoms with van der Waals surface area (Å²) >= 11 is 0. The van der Waals surface area contributed by atoms with Gasteiger partial charge in [0.25, 0.3) is 0 Å². The van der Waals surface area contributed by atoms with Crippen molar-refractivity contribution in [1.29, 1.82) is 5.26 Å². The van der Waals surface area contributed by atoms with Gasteiger partial charge in [0.15, 0.2) is 0 Å². The number of carbonyl (C=O) groups excluding carboxylic acids is 1. The van der Waals surface area contributed by atoms with Gasteiger partial charge in [-0.25, -0.2) is 4.98 Å². The first-order valence-electron chi connectivity index (χ1n) is 13.0. The third-order valence-electron chi connectivity index (χ3n) is 7.87. The molecule has 1 amide bonds. The SMILES string of the molecule is N#Cc1ccc2nc(-c3ccc(-c4ccc5[nH]ccc5c4)cc3)n(C[C@@H]3CCN(C(=O)C4CC4)C3)c2c1. The van der Waals surface area contributed by atoms with Crippen LogP contribution in [0.5, 0.6) is 0 Å². The van der Waals surface area contributed by atoms with Crippen molar-refractivity contribution < 1.29 is 4.79 Å². The number of nitrogens with one attached hydrogen (secondary N) is 1. The molecule has 6 nitrogen and oxygen atoms in total. The van der Waals surface area contributed by atoms with Gasteiger partial charge in [0.05, 0.1) is 22.7 Å². The van der Waals surface area contributed by atoms with Crippen LogP contribution >= 0.6 is 0 Å². The van der Waals surface area contributed by atoms with Crippen LogP contribution in [0.2, 0.25) is 0 Å². The van der Waals surface area contributed by atoms with Crippen LogP contribution in [0.4, 0.5) is 0 Å². The zero-order chi connectivity index (χ0) is 24.9. The topological polar surface area (TPSA) is 77.7 Å². The predicted molar refractivity (Wildman–Crippen MR) is 145 cm³/mol. The zero-order valence-electron chi connectivity index (χ0n) is 20.5. The first-order valence-corrected chi connectivity index (χ1v) is 13.0. The highest BCUT2D eigenvalue weighted by Gasteiger charge is 2.36. The Morgan fingerprint density at radius 3 is 2.59 bits per heavy atom. The van der Waals surface area contributed by atoms with E-state index in [0.717, 1.165) is 72.4 Å². The molecule has 3 heterocycles. The van der Waals surface area contributed by atoms with E-state index in [2.05, 4.69) is 69.1 Å². The highest BCUT2D eigenvalue weighted by molar-refractivity contribution is 5.86. The van der Waals surface area contributed by atoms with Gasteiger partial charge in [-0.3, -0.25) is 4.79 Å². The van der Waals surface area contributed by atoms with Crippen molar-refractivity contribution in [3.8, 4) is 28.6 Å². The van der Waals surface area contributed by atoms with E-state index in [4.69, 9.17) is 4.98 Å². The number of hydrogen-bond donors (Lipinski definition) is 1. The fraction of sp³-hybridized carbons (Fsp3) is 0.258. The van der Waals surface area contributed by atoms with Crippen molar-refractivity contribution in [2.75, 3.05) is 13.1 Å². The van der Waals surface area contributed by atoms with Crippen LogP contribution in [-0.2, 0) is 11.3 Å². The van der Waals surface area contributed by atoms with Crippen molar-refractivity contribution >= 4 is 27.8 Å².